The van der Waals surface area contributed by atoms with Crippen LogP contribution in [0.4, 0.5) is 11.4 Å². The molecule has 0 bridgehead atoms. The highest BCUT2D eigenvalue weighted by Gasteiger charge is 2.11. The van der Waals surface area contributed by atoms with Crippen LogP contribution in [0, 0.1) is 10.1 Å². The zero-order valence-corrected chi connectivity index (χ0v) is 15.4. The van der Waals surface area contributed by atoms with E-state index in [4.69, 9.17) is 26.4 Å². The molecule has 0 spiro atoms. The number of amides is 1. The van der Waals surface area contributed by atoms with E-state index >= 15 is 0 Å². The molecule has 1 amide bonds. The summed E-state index contributed by atoms with van der Waals surface area (Å²) in [5.74, 6) is 0.945. The lowest BCUT2D eigenvalue weighted by Crippen LogP contribution is -2.37. The molecule has 27 heavy (non-hydrogen) atoms. The number of nitrogens with one attached hydrogen (secondary N) is 2. The Bertz CT molecular complexity index is 841. The van der Waals surface area contributed by atoms with Crippen molar-refractivity contribution in [1.82, 2.24) is 5.32 Å². The van der Waals surface area contributed by atoms with Crippen LogP contribution in [0.2, 0.25) is 0 Å². The molecule has 0 saturated carbocycles. The predicted molar refractivity (Wildman–Crippen MR) is 103 cm³/mol. The molecule has 0 atom stereocenters. The lowest BCUT2D eigenvalue weighted by molar-refractivity contribution is -0.384. The van der Waals surface area contributed by atoms with Crippen LogP contribution in [0.3, 0.4) is 0 Å². The lowest BCUT2D eigenvalue weighted by Gasteiger charge is -2.14. The quantitative estimate of drug-likeness (QED) is 0.421. The number of ether oxygens (including phenoxy) is 3. The highest BCUT2D eigenvalue weighted by atomic mass is 32.1. The van der Waals surface area contributed by atoms with Crippen molar-refractivity contribution in [1.29, 1.82) is 0 Å². The van der Waals surface area contributed by atoms with Crippen LogP contribution >= 0.6 is 12.2 Å². The van der Waals surface area contributed by atoms with Crippen LogP contribution in [-0.4, -0.2) is 36.8 Å². The number of carbonyl (C=O) groups excluding carboxylic acids is 1. The molecule has 0 radical (unpaired) electrons. The van der Waals surface area contributed by atoms with E-state index < -0.39 is 10.8 Å². The summed E-state index contributed by atoms with van der Waals surface area (Å²) in [5.41, 5.74) is 0.461. The fourth-order valence-corrected chi connectivity index (χ4v) is 2.26. The number of rotatable bonds is 7. The first-order valence-electron chi connectivity index (χ1n) is 7.63. The van der Waals surface area contributed by atoms with Crippen molar-refractivity contribution in [3.63, 3.8) is 0 Å². The van der Waals surface area contributed by atoms with Crippen LogP contribution in [0.25, 0.3) is 0 Å². The molecule has 0 aromatic heterocycles. The summed E-state index contributed by atoms with van der Waals surface area (Å²) < 4.78 is 15.6. The van der Waals surface area contributed by atoms with Gasteiger partial charge in [0.05, 0.1) is 24.8 Å². The number of thiocarbonyl (C=S) groups is 1. The molecule has 9 nitrogen and oxygen atoms in total. The van der Waals surface area contributed by atoms with Crippen molar-refractivity contribution < 1.29 is 23.9 Å². The molecule has 0 aliphatic carbocycles. The third kappa shape index (κ3) is 5.82. The number of hydrogen-bond donors (Lipinski definition) is 2. The molecule has 0 heterocycles. The normalized spacial score (nSPS) is 9.85. The van der Waals surface area contributed by atoms with Crippen molar-refractivity contribution in [2.75, 3.05) is 26.1 Å². The average Bonchev–Trinajstić information content (AvgIpc) is 2.66. The van der Waals surface area contributed by atoms with Gasteiger partial charge in [-0.15, -0.1) is 0 Å². The number of methoxy groups -OCH3 is 2. The van der Waals surface area contributed by atoms with E-state index in [1.54, 1.807) is 18.2 Å². The number of nitrogens with zero attached hydrogens (tertiary/aromatic N) is 1. The summed E-state index contributed by atoms with van der Waals surface area (Å²) in [6, 6.07) is 10.5. The molecule has 10 heteroatoms. The maximum atomic E-state index is 11.9. The predicted octanol–water partition coefficient (Wildman–Crippen LogP) is 2.50. The summed E-state index contributed by atoms with van der Waals surface area (Å²) >= 11 is 5.11. The van der Waals surface area contributed by atoms with Crippen LogP contribution in [-0.2, 0) is 4.79 Å². The first-order valence-corrected chi connectivity index (χ1v) is 8.04. The van der Waals surface area contributed by atoms with Crippen molar-refractivity contribution >= 4 is 34.6 Å². The minimum absolute atomic E-state index is 0.0545. The van der Waals surface area contributed by atoms with Crippen LogP contribution in [0.15, 0.2) is 42.5 Å². The Hall–Kier alpha value is -3.40. The van der Waals surface area contributed by atoms with E-state index in [0.29, 0.717) is 22.9 Å². The number of anilines is 1. The average molecular weight is 391 g/mol. The van der Waals surface area contributed by atoms with Crippen LogP contribution in [0.5, 0.6) is 17.2 Å². The first kappa shape index (κ1) is 19.9. The van der Waals surface area contributed by atoms with Gasteiger partial charge in [0.25, 0.3) is 11.6 Å². The van der Waals surface area contributed by atoms with Crippen LogP contribution < -0.4 is 24.8 Å². The standard InChI is InChI=1S/C17H17N3O6S/c1-24-13-7-8-15(25-2)14(9-13)18-17(27)19-16(21)10-26-12-5-3-11(4-6-12)20(22)23/h3-9H,10H2,1-2H3,(H2,18,19,21,27). The van der Waals surface area contributed by atoms with E-state index in [1.807, 2.05) is 0 Å². The number of nitro groups is 1. The molecule has 2 N–H and O–H groups in total. The maximum Gasteiger partial charge on any atom is 0.269 e. The third-order valence-corrected chi connectivity index (χ3v) is 3.53. The Morgan fingerprint density at radius 2 is 1.78 bits per heavy atom. The largest absolute Gasteiger partial charge is 0.497 e. The number of non-ortho nitro benzene ring substituents is 1. The van der Waals surface area contributed by atoms with Gasteiger partial charge in [0.1, 0.15) is 17.2 Å². The number of hydrogen-bond acceptors (Lipinski definition) is 7. The molecule has 0 fully saturated rings. The first-order chi connectivity index (χ1) is 12.9. The van der Waals surface area contributed by atoms with Crippen molar-refractivity contribution in [2.24, 2.45) is 0 Å². The Balaban J connectivity index is 1.88. The molecule has 2 aromatic rings. The van der Waals surface area contributed by atoms with E-state index in [-0.39, 0.29) is 17.4 Å². The topological polar surface area (TPSA) is 112 Å². The summed E-state index contributed by atoms with van der Waals surface area (Å²) in [4.78, 5) is 22.0. The summed E-state index contributed by atoms with van der Waals surface area (Å²) in [6.07, 6.45) is 0. The highest BCUT2D eigenvalue weighted by Crippen LogP contribution is 2.28. The molecular formula is C17H17N3O6S. The highest BCUT2D eigenvalue weighted by molar-refractivity contribution is 7.80. The second-order valence-corrected chi connectivity index (χ2v) is 5.52. The SMILES string of the molecule is COc1ccc(OC)c(NC(=S)NC(=O)COc2ccc([N+](=O)[O-])cc2)c1. The monoisotopic (exact) mass is 391 g/mol. The van der Waals surface area contributed by atoms with Crippen molar-refractivity contribution in [2.45, 2.75) is 0 Å². The van der Waals surface area contributed by atoms with E-state index in [2.05, 4.69) is 10.6 Å². The minimum atomic E-state index is -0.520. The lowest BCUT2D eigenvalue weighted by atomic mass is 10.2. The molecule has 0 aliphatic rings. The maximum absolute atomic E-state index is 11.9. The second kappa shape index (κ2) is 9.34. The summed E-state index contributed by atoms with van der Waals surface area (Å²) in [7, 11) is 3.04. The molecule has 142 valence electrons. The molecule has 2 aromatic carbocycles. The summed E-state index contributed by atoms with van der Waals surface area (Å²) in [5, 5.41) is 16.0. The Morgan fingerprint density at radius 3 is 2.37 bits per heavy atom. The second-order valence-electron chi connectivity index (χ2n) is 5.11. The molecule has 0 unspecified atom stereocenters. The molecular weight excluding hydrogens is 374 g/mol. The van der Waals surface area contributed by atoms with Gasteiger partial charge < -0.3 is 19.5 Å². The molecule has 2 rings (SSSR count). The fraction of sp³-hybridized carbons (Fsp3) is 0.176. The number of nitro benzene ring substituents is 1. The van der Waals surface area contributed by atoms with Gasteiger partial charge >= 0.3 is 0 Å². The van der Waals surface area contributed by atoms with Gasteiger partial charge in [0, 0.05) is 18.2 Å². The molecule has 0 aliphatic heterocycles. The Morgan fingerprint density at radius 1 is 1.11 bits per heavy atom. The molecule has 0 saturated heterocycles. The number of benzene rings is 2. The summed E-state index contributed by atoms with van der Waals surface area (Å²) in [6.45, 7) is -0.311. The van der Waals surface area contributed by atoms with Crippen molar-refractivity contribution in [3.8, 4) is 17.2 Å². The van der Waals surface area contributed by atoms with Crippen molar-refractivity contribution in [3.05, 3.63) is 52.6 Å². The van der Waals surface area contributed by atoms with Crippen LogP contribution in [0.1, 0.15) is 0 Å². The van der Waals surface area contributed by atoms with Gasteiger partial charge in [-0.05, 0) is 36.5 Å². The van der Waals surface area contributed by atoms with Gasteiger partial charge in [-0.3, -0.25) is 20.2 Å². The Kier molecular flexibility index (Phi) is 6.89. The van der Waals surface area contributed by atoms with E-state index in [9.17, 15) is 14.9 Å². The van der Waals surface area contributed by atoms with Gasteiger partial charge in [0.2, 0.25) is 0 Å². The van der Waals surface area contributed by atoms with E-state index in [0.717, 1.165) is 0 Å². The van der Waals surface area contributed by atoms with Gasteiger partial charge in [-0.25, -0.2) is 0 Å². The zero-order valence-electron chi connectivity index (χ0n) is 14.6. The van der Waals surface area contributed by atoms with Gasteiger partial charge in [-0.2, -0.15) is 0 Å². The van der Waals surface area contributed by atoms with Gasteiger partial charge in [0.15, 0.2) is 11.7 Å². The van der Waals surface area contributed by atoms with E-state index in [1.165, 1.54) is 38.5 Å². The minimum Gasteiger partial charge on any atom is -0.497 e. The van der Waals surface area contributed by atoms with Gasteiger partial charge in [-0.1, -0.05) is 0 Å². The smallest absolute Gasteiger partial charge is 0.269 e. The zero-order chi connectivity index (χ0) is 19.8. The third-order valence-electron chi connectivity index (χ3n) is 3.33. The Labute approximate surface area is 160 Å². The number of carbonyl (C=O) groups is 1. The fourth-order valence-electron chi connectivity index (χ4n) is 2.04.